The fraction of sp³-hybridized carbons (Fsp3) is 0.722. The zero-order chi connectivity index (χ0) is 14.6. The van der Waals surface area contributed by atoms with Gasteiger partial charge in [-0.05, 0) is 61.6 Å². The van der Waals surface area contributed by atoms with Gasteiger partial charge in [-0.1, -0.05) is 33.8 Å². The maximum atomic E-state index is 4.53. The predicted molar refractivity (Wildman–Crippen MR) is 85.7 cm³/mol. The molecule has 0 radical (unpaired) electrons. The average molecular weight is 274 g/mol. The monoisotopic (exact) mass is 274 g/mol. The van der Waals surface area contributed by atoms with E-state index in [4.69, 9.17) is 0 Å². The van der Waals surface area contributed by atoms with E-state index < -0.39 is 0 Å². The lowest BCUT2D eigenvalue weighted by Crippen LogP contribution is -2.38. The Labute approximate surface area is 124 Å². The Hall–Kier alpha value is -0.890. The topological polar surface area (TPSA) is 24.9 Å². The number of hydrogen-bond donors (Lipinski definition) is 1. The van der Waals surface area contributed by atoms with E-state index in [-0.39, 0.29) is 0 Å². The maximum Gasteiger partial charge on any atom is 0.0406 e. The molecule has 1 aromatic heterocycles. The Kier molecular flexibility index (Phi) is 5.20. The number of hydrogen-bond acceptors (Lipinski definition) is 2. The second-order valence-corrected chi connectivity index (χ2v) is 7.52. The Morgan fingerprint density at radius 3 is 2.75 bits per heavy atom. The highest BCUT2D eigenvalue weighted by Gasteiger charge is 2.34. The molecule has 1 fully saturated rings. The van der Waals surface area contributed by atoms with Crippen LogP contribution < -0.4 is 5.32 Å². The van der Waals surface area contributed by atoms with Gasteiger partial charge >= 0.3 is 0 Å². The molecule has 1 heterocycles. The van der Waals surface area contributed by atoms with Crippen LogP contribution in [0.3, 0.4) is 0 Å². The summed E-state index contributed by atoms with van der Waals surface area (Å²) in [5, 5.41) is 3.64. The van der Waals surface area contributed by atoms with Crippen molar-refractivity contribution in [3.63, 3.8) is 0 Å². The third-order valence-electron chi connectivity index (χ3n) is 4.66. The van der Waals surface area contributed by atoms with Gasteiger partial charge in [0.2, 0.25) is 0 Å². The summed E-state index contributed by atoms with van der Waals surface area (Å²) in [6.07, 6.45) is 7.09. The Bertz CT molecular complexity index is 395. The largest absolute Gasteiger partial charge is 0.314 e. The minimum absolute atomic E-state index is 0.494. The Morgan fingerprint density at radius 2 is 2.10 bits per heavy atom. The molecule has 0 spiro atoms. The summed E-state index contributed by atoms with van der Waals surface area (Å²) in [6.45, 7) is 10.5. The first-order valence-electron chi connectivity index (χ1n) is 8.09. The fourth-order valence-corrected chi connectivity index (χ4v) is 3.47. The van der Waals surface area contributed by atoms with E-state index in [1.54, 1.807) is 0 Å². The van der Waals surface area contributed by atoms with Gasteiger partial charge in [-0.15, -0.1) is 0 Å². The zero-order valence-electron chi connectivity index (χ0n) is 13.5. The highest BCUT2D eigenvalue weighted by molar-refractivity contribution is 5.05. The lowest BCUT2D eigenvalue weighted by molar-refractivity contribution is 0.114. The molecule has 112 valence electrons. The van der Waals surface area contributed by atoms with Crippen molar-refractivity contribution in [3.8, 4) is 0 Å². The molecule has 1 N–H and O–H groups in total. The van der Waals surface area contributed by atoms with Crippen LogP contribution in [-0.4, -0.2) is 17.6 Å². The number of nitrogens with zero attached hydrogens (tertiary/aromatic N) is 1. The SMILES string of the molecule is CC(C)NCC1CCC(C)(C)CC1Cc1ccccn1. The molecule has 2 atom stereocenters. The minimum atomic E-state index is 0.494. The van der Waals surface area contributed by atoms with Crippen molar-refractivity contribution in [1.29, 1.82) is 0 Å². The van der Waals surface area contributed by atoms with Crippen molar-refractivity contribution in [1.82, 2.24) is 10.3 Å². The first-order valence-corrected chi connectivity index (χ1v) is 8.09. The molecule has 20 heavy (non-hydrogen) atoms. The van der Waals surface area contributed by atoms with Gasteiger partial charge in [0, 0.05) is 17.9 Å². The fourth-order valence-electron chi connectivity index (χ4n) is 3.47. The molecule has 0 bridgehead atoms. The smallest absolute Gasteiger partial charge is 0.0406 e. The van der Waals surface area contributed by atoms with Gasteiger partial charge in [-0.2, -0.15) is 0 Å². The van der Waals surface area contributed by atoms with Crippen LogP contribution >= 0.6 is 0 Å². The second kappa shape index (κ2) is 6.71. The van der Waals surface area contributed by atoms with Crippen LogP contribution in [0.15, 0.2) is 24.4 Å². The highest BCUT2D eigenvalue weighted by atomic mass is 14.9. The van der Waals surface area contributed by atoms with Gasteiger partial charge in [-0.3, -0.25) is 4.98 Å². The molecule has 2 unspecified atom stereocenters. The van der Waals surface area contributed by atoms with Gasteiger partial charge in [0.1, 0.15) is 0 Å². The van der Waals surface area contributed by atoms with Crippen molar-refractivity contribution in [2.45, 2.75) is 59.4 Å². The third-order valence-corrected chi connectivity index (χ3v) is 4.66. The molecular formula is C18H30N2. The quantitative estimate of drug-likeness (QED) is 0.875. The lowest BCUT2D eigenvalue weighted by Gasteiger charge is -2.41. The standard InChI is InChI=1S/C18H30N2/c1-14(2)20-13-15-8-9-18(3,4)12-16(15)11-17-7-5-6-10-19-17/h5-7,10,14-16,20H,8-9,11-13H2,1-4H3. The predicted octanol–water partition coefficient (Wildman–Crippen LogP) is 4.06. The molecule has 1 saturated carbocycles. The Morgan fingerprint density at radius 1 is 1.30 bits per heavy atom. The van der Waals surface area contributed by atoms with Gasteiger partial charge in [0.25, 0.3) is 0 Å². The van der Waals surface area contributed by atoms with Crippen molar-refractivity contribution in [2.24, 2.45) is 17.3 Å². The molecule has 2 heteroatoms. The third kappa shape index (κ3) is 4.59. The number of aromatic nitrogens is 1. The van der Waals surface area contributed by atoms with Crippen LogP contribution in [0.2, 0.25) is 0 Å². The first kappa shape index (κ1) is 15.5. The van der Waals surface area contributed by atoms with E-state index in [9.17, 15) is 0 Å². The summed E-state index contributed by atoms with van der Waals surface area (Å²) in [4.78, 5) is 4.53. The van der Waals surface area contributed by atoms with E-state index >= 15 is 0 Å². The van der Waals surface area contributed by atoms with E-state index in [1.165, 1.54) is 25.0 Å². The molecule has 0 amide bonds. The number of rotatable bonds is 5. The van der Waals surface area contributed by atoms with Crippen LogP contribution in [0.4, 0.5) is 0 Å². The molecule has 0 aliphatic heterocycles. The molecule has 1 aromatic rings. The lowest BCUT2D eigenvalue weighted by atomic mass is 9.66. The molecule has 2 rings (SSSR count). The van der Waals surface area contributed by atoms with E-state index in [0.717, 1.165) is 24.8 Å². The van der Waals surface area contributed by atoms with Crippen molar-refractivity contribution >= 4 is 0 Å². The van der Waals surface area contributed by atoms with Crippen molar-refractivity contribution in [3.05, 3.63) is 30.1 Å². The minimum Gasteiger partial charge on any atom is -0.314 e. The van der Waals surface area contributed by atoms with Crippen LogP contribution in [0.1, 0.15) is 52.7 Å². The molecule has 1 aliphatic carbocycles. The summed E-state index contributed by atoms with van der Waals surface area (Å²) in [7, 11) is 0. The first-order chi connectivity index (χ1) is 9.46. The maximum absolute atomic E-state index is 4.53. The molecule has 1 aliphatic rings. The number of pyridine rings is 1. The summed E-state index contributed by atoms with van der Waals surface area (Å²) in [5.41, 5.74) is 1.75. The van der Waals surface area contributed by atoms with Gasteiger partial charge in [0.15, 0.2) is 0 Å². The summed E-state index contributed by atoms with van der Waals surface area (Å²) >= 11 is 0. The van der Waals surface area contributed by atoms with Gasteiger partial charge in [0.05, 0.1) is 0 Å². The van der Waals surface area contributed by atoms with Gasteiger partial charge < -0.3 is 5.32 Å². The molecule has 2 nitrogen and oxygen atoms in total. The van der Waals surface area contributed by atoms with Crippen LogP contribution in [0, 0.1) is 17.3 Å². The summed E-state index contributed by atoms with van der Waals surface area (Å²) in [5.74, 6) is 1.56. The zero-order valence-corrected chi connectivity index (χ0v) is 13.5. The summed E-state index contributed by atoms with van der Waals surface area (Å²) < 4.78 is 0. The molecule has 0 aromatic carbocycles. The van der Waals surface area contributed by atoms with Crippen molar-refractivity contribution in [2.75, 3.05) is 6.54 Å². The van der Waals surface area contributed by atoms with E-state index in [1.807, 2.05) is 12.3 Å². The van der Waals surface area contributed by atoms with Crippen LogP contribution in [-0.2, 0) is 6.42 Å². The Balaban J connectivity index is 2.02. The second-order valence-electron chi connectivity index (χ2n) is 7.52. The molecule has 0 saturated heterocycles. The average Bonchev–Trinajstić information content (AvgIpc) is 2.38. The summed E-state index contributed by atoms with van der Waals surface area (Å²) in [6, 6.07) is 6.87. The van der Waals surface area contributed by atoms with E-state index in [0.29, 0.717) is 11.5 Å². The highest BCUT2D eigenvalue weighted by Crippen LogP contribution is 2.42. The van der Waals surface area contributed by atoms with Crippen LogP contribution in [0.5, 0.6) is 0 Å². The normalized spacial score (nSPS) is 25.9. The van der Waals surface area contributed by atoms with Crippen LogP contribution in [0.25, 0.3) is 0 Å². The molecular weight excluding hydrogens is 244 g/mol. The van der Waals surface area contributed by atoms with E-state index in [2.05, 4.69) is 50.1 Å². The van der Waals surface area contributed by atoms with Gasteiger partial charge in [-0.25, -0.2) is 0 Å². The number of nitrogens with one attached hydrogen (secondary N) is 1. The van der Waals surface area contributed by atoms with Crippen molar-refractivity contribution < 1.29 is 0 Å².